The fourth-order valence-corrected chi connectivity index (χ4v) is 3.90. The van der Waals surface area contributed by atoms with Crippen LogP contribution < -0.4 is 10.2 Å². The lowest BCUT2D eigenvalue weighted by molar-refractivity contribution is -0.136. The number of hydrogen-bond donors (Lipinski definition) is 1. The first-order chi connectivity index (χ1) is 14.5. The molecule has 1 aliphatic carbocycles. The van der Waals surface area contributed by atoms with Crippen molar-refractivity contribution >= 4 is 23.2 Å². The van der Waals surface area contributed by atoms with Crippen molar-refractivity contribution in [2.45, 2.75) is 38.8 Å². The lowest BCUT2D eigenvalue weighted by Gasteiger charge is -2.25. The predicted molar refractivity (Wildman–Crippen MR) is 116 cm³/mol. The number of methoxy groups -OCH3 is 1. The Bertz CT molecular complexity index is 842. The Morgan fingerprint density at radius 1 is 1.17 bits per heavy atom. The molecule has 1 fully saturated rings. The number of carbonyl (C=O) groups excluding carboxylic acids is 2. The molecule has 2 aromatic rings. The van der Waals surface area contributed by atoms with Crippen LogP contribution in [0.5, 0.6) is 0 Å². The van der Waals surface area contributed by atoms with E-state index in [4.69, 9.17) is 9.15 Å². The third-order valence-electron chi connectivity index (χ3n) is 5.46. The van der Waals surface area contributed by atoms with E-state index in [0.29, 0.717) is 18.8 Å². The average Bonchev–Trinajstić information content (AvgIpc) is 3.42. The van der Waals surface area contributed by atoms with Crippen molar-refractivity contribution < 1.29 is 18.7 Å². The molecular formula is C23H31N3O4. The molecule has 0 saturated heterocycles. The summed E-state index contributed by atoms with van der Waals surface area (Å²) in [5.74, 6) is 0.759. The number of furan rings is 1. The topological polar surface area (TPSA) is 75.0 Å². The Balaban J connectivity index is 1.82. The van der Waals surface area contributed by atoms with E-state index in [1.807, 2.05) is 43.3 Å². The Labute approximate surface area is 178 Å². The van der Waals surface area contributed by atoms with Crippen LogP contribution in [0.4, 0.5) is 11.4 Å². The molecule has 162 valence electrons. The molecule has 0 unspecified atom stereocenters. The average molecular weight is 414 g/mol. The molecular weight excluding hydrogens is 382 g/mol. The van der Waals surface area contributed by atoms with E-state index in [-0.39, 0.29) is 24.3 Å². The summed E-state index contributed by atoms with van der Waals surface area (Å²) in [7, 11) is 5.43. The molecule has 1 saturated carbocycles. The van der Waals surface area contributed by atoms with Crippen LogP contribution in [0.1, 0.15) is 37.0 Å². The molecule has 7 nitrogen and oxygen atoms in total. The van der Waals surface area contributed by atoms with E-state index in [9.17, 15) is 9.59 Å². The number of nitrogens with zero attached hydrogens (tertiary/aromatic N) is 2. The van der Waals surface area contributed by atoms with Crippen molar-refractivity contribution in [3.63, 3.8) is 0 Å². The second-order valence-corrected chi connectivity index (χ2v) is 7.97. The Morgan fingerprint density at radius 2 is 1.93 bits per heavy atom. The van der Waals surface area contributed by atoms with Gasteiger partial charge in [0.25, 0.3) is 0 Å². The molecule has 1 N–H and O–H groups in total. The summed E-state index contributed by atoms with van der Waals surface area (Å²) in [5.41, 5.74) is 2.69. The second kappa shape index (κ2) is 10.3. The minimum atomic E-state index is -0.126. The van der Waals surface area contributed by atoms with Crippen LogP contribution in [0, 0.1) is 5.92 Å². The largest absolute Gasteiger partial charge is 0.467 e. The Kier molecular flexibility index (Phi) is 7.52. The van der Waals surface area contributed by atoms with Crippen molar-refractivity contribution in [3.8, 4) is 0 Å². The molecule has 7 heteroatoms. The van der Waals surface area contributed by atoms with Gasteiger partial charge in [-0.3, -0.25) is 9.59 Å². The van der Waals surface area contributed by atoms with Gasteiger partial charge in [0, 0.05) is 45.0 Å². The van der Waals surface area contributed by atoms with Crippen LogP contribution in [0.15, 0.2) is 41.0 Å². The molecule has 3 rings (SSSR count). The number of rotatable bonds is 9. The van der Waals surface area contributed by atoms with Gasteiger partial charge in [-0.25, -0.2) is 0 Å². The van der Waals surface area contributed by atoms with Crippen LogP contribution in [-0.2, 0) is 27.4 Å². The van der Waals surface area contributed by atoms with Crippen molar-refractivity contribution in [3.05, 3.63) is 47.9 Å². The van der Waals surface area contributed by atoms with Crippen molar-refractivity contribution in [1.82, 2.24) is 4.90 Å². The first kappa shape index (κ1) is 21.9. The zero-order chi connectivity index (χ0) is 21.5. The fourth-order valence-electron chi connectivity index (χ4n) is 3.90. The SMILES string of the molecule is COCC(=O)N(Cc1ccco1)Cc1cc(NC(=O)C2CCCC2)ccc1N(C)C. The molecule has 0 aliphatic heterocycles. The molecule has 1 aromatic carbocycles. The molecule has 30 heavy (non-hydrogen) atoms. The molecule has 1 aliphatic rings. The maximum absolute atomic E-state index is 12.7. The minimum absolute atomic E-state index is 0.00386. The van der Waals surface area contributed by atoms with E-state index in [2.05, 4.69) is 5.32 Å². The van der Waals surface area contributed by atoms with Crippen LogP contribution in [0.2, 0.25) is 0 Å². The summed E-state index contributed by atoms with van der Waals surface area (Å²) in [4.78, 5) is 28.9. The molecule has 1 aromatic heterocycles. The van der Waals surface area contributed by atoms with E-state index in [0.717, 1.165) is 42.6 Å². The molecule has 0 spiro atoms. The van der Waals surface area contributed by atoms with Gasteiger partial charge in [0.1, 0.15) is 12.4 Å². The van der Waals surface area contributed by atoms with Gasteiger partial charge in [0.2, 0.25) is 11.8 Å². The lowest BCUT2D eigenvalue weighted by Crippen LogP contribution is -2.33. The van der Waals surface area contributed by atoms with Gasteiger partial charge in [-0.15, -0.1) is 0 Å². The molecule has 0 atom stereocenters. The highest BCUT2D eigenvalue weighted by atomic mass is 16.5. The summed E-state index contributed by atoms with van der Waals surface area (Å²) < 4.78 is 10.5. The standard InChI is InChI=1S/C23H31N3O4/c1-25(2)21-11-10-19(24-23(28)17-7-4-5-8-17)13-18(21)14-26(22(27)16-29-3)15-20-9-6-12-30-20/h6,9-13,17H,4-5,7-8,14-16H2,1-3H3,(H,24,28). The van der Waals surface area contributed by atoms with Crippen LogP contribution in [0.3, 0.4) is 0 Å². The highest BCUT2D eigenvalue weighted by Gasteiger charge is 2.23. The van der Waals surface area contributed by atoms with Crippen molar-refractivity contribution in [2.75, 3.05) is 38.0 Å². The first-order valence-corrected chi connectivity index (χ1v) is 10.4. The molecule has 0 bridgehead atoms. The summed E-state index contributed by atoms with van der Waals surface area (Å²) in [6.07, 6.45) is 5.74. The quantitative estimate of drug-likeness (QED) is 0.679. The van der Waals surface area contributed by atoms with Crippen LogP contribution in [-0.4, -0.2) is 44.5 Å². The van der Waals surface area contributed by atoms with Crippen LogP contribution in [0.25, 0.3) is 0 Å². The predicted octanol–water partition coefficient (Wildman–Crippen LogP) is 3.65. The fraction of sp³-hybridized carbons (Fsp3) is 0.478. The monoisotopic (exact) mass is 413 g/mol. The maximum Gasteiger partial charge on any atom is 0.249 e. The third kappa shape index (κ3) is 5.63. The zero-order valence-electron chi connectivity index (χ0n) is 18.0. The Hall–Kier alpha value is -2.80. The summed E-state index contributed by atoms with van der Waals surface area (Å²) in [6.45, 7) is 0.723. The highest BCUT2D eigenvalue weighted by molar-refractivity contribution is 5.93. The number of nitrogens with one attached hydrogen (secondary N) is 1. The first-order valence-electron chi connectivity index (χ1n) is 10.4. The molecule has 2 amide bonds. The third-order valence-corrected chi connectivity index (χ3v) is 5.46. The van der Waals surface area contributed by atoms with Gasteiger partial charge >= 0.3 is 0 Å². The van der Waals surface area contributed by atoms with Gasteiger partial charge in [0.05, 0.1) is 12.8 Å². The van der Waals surface area contributed by atoms with E-state index >= 15 is 0 Å². The van der Waals surface area contributed by atoms with Crippen molar-refractivity contribution in [1.29, 1.82) is 0 Å². The number of amides is 2. The number of hydrogen-bond acceptors (Lipinski definition) is 5. The van der Waals surface area contributed by atoms with Crippen molar-refractivity contribution in [2.24, 2.45) is 5.92 Å². The second-order valence-electron chi connectivity index (χ2n) is 7.97. The normalized spacial score (nSPS) is 14.0. The van der Waals surface area contributed by atoms with Gasteiger partial charge in [-0.2, -0.15) is 0 Å². The van der Waals surface area contributed by atoms with Gasteiger partial charge in [-0.1, -0.05) is 12.8 Å². The maximum atomic E-state index is 12.7. The summed E-state index contributed by atoms with van der Waals surface area (Å²) in [6, 6.07) is 9.50. The molecule has 1 heterocycles. The smallest absolute Gasteiger partial charge is 0.249 e. The summed E-state index contributed by atoms with van der Waals surface area (Å²) in [5, 5.41) is 3.06. The number of carbonyl (C=O) groups is 2. The Morgan fingerprint density at radius 3 is 2.57 bits per heavy atom. The van der Waals surface area contributed by atoms with Gasteiger partial charge < -0.3 is 24.3 Å². The summed E-state index contributed by atoms with van der Waals surface area (Å²) >= 11 is 0. The number of ether oxygens (including phenoxy) is 1. The number of anilines is 2. The zero-order valence-corrected chi connectivity index (χ0v) is 18.0. The highest BCUT2D eigenvalue weighted by Crippen LogP contribution is 2.28. The van der Waals surface area contributed by atoms with Crippen LogP contribution >= 0.6 is 0 Å². The number of benzene rings is 1. The lowest BCUT2D eigenvalue weighted by atomic mass is 10.1. The minimum Gasteiger partial charge on any atom is -0.467 e. The molecule has 0 radical (unpaired) electrons. The van der Waals surface area contributed by atoms with E-state index < -0.39 is 0 Å². The van der Waals surface area contributed by atoms with Gasteiger partial charge in [-0.05, 0) is 48.7 Å². The van der Waals surface area contributed by atoms with E-state index in [1.54, 1.807) is 17.2 Å². The van der Waals surface area contributed by atoms with Gasteiger partial charge in [0.15, 0.2) is 0 Å². The van der Waals surface area contributed by atoms with E-state index in [1.165, 1.54) is 7.11 Å².